The molecule has 1 N–H and O–H groups in total. The molecule has 0 spiro atoms. The molecule has 1 atom stereocenters. The Hall–Kier alpha value is -1.30. The molecular weight excluding hydrogens is 315 g/mol. The number of anilines is 1. The molecule has 21 heavy (non-hydrogen) atoms. The minimum Gasteiger partial charge on any atom is -0.481 e. The second-order valence-corrected chi connectivity index (χ2v) is 5.33. The number of carbonyl (C=O) groups excluding carboxylic acids is 1. The van der Waals surface area contributed by atoms with E-state index in [1.807, 2.05) is 17.0 Å². The number of hydrogen-bond donors (Lipinski definition) is 1. The van der Waals surface area contributed by atoms with E-state index in [0.29, 0.717) is 24.5 Å². The summed E-state index contributed by atoms with van der Waals surface area (Å²) in [7, 11) is 1.79. The Morgan fingerprint density at radius 2 is 2.05 bits per heavy atom. The number of benzene rings is 1. The van der Waals surface area contributed by atoms with Gasteiger partial charge in [0.2, 0.25) is 5.91 Å². The highest BCUT2D eigenvalue weighted by Crippen LogP contribution is 2.25. The third kappa shape index (κ3) is 4.33. The normalized spacial score (nSPS) is 18.0. The summed E-state index contributed by atoms with van der Waals surface area (Å²) in [5.74, 6) is -0.836. The topological polar surface area (TPSA) is 60.9 Å². The van der Waals surface area contributed by atoms with E-state index >= 15 is 0 Å². The minimum atomic E-state index is -0.850. The van der Waals surface area contributed by atoms with E-state index in [4.69, 9.17) is 16.7 Å². The van der Waals surface area contributed by atoms with Crippen molar-refractivity contribution >= 4 is 41.6 Å². The third-order valence-corrected chi connectivity index (χ3v) is 3.78. The first-order chi connectivity index (χ1) is 9.49. The quantitative estimate of drug-likeness (QED) is 0.898. The second-order valence-electron chi connectivity index (χ2n) is 4.90. The number of nitrogens with zero attached hydrogens (tertiary/aromatic N) is 2. The number of carbonyl (C=O) groups is 2. The van der Waals surface area contributed by atoms with Crippen molar-refractivity contribution in [2.24, 2.45) is 0 Å². The van der Waals surface area contributed by atoms with Crippen molar-refractivity contribution in [3.63, 3.8) is 0 Å². The minimum absolute atomic E-state index is 0. The fourth-order valence-electron chi connectivity index (χ4n) is 2.38. The van der Waals surface area contributed by atoms with Crippen molar-refractivity contribution in [3.8, 4) is 0 Å². The van der Waals surface area contributed by atoms with Gasteiger partial charge in [-0.05, 0) is 37.7 Å². The number of carboxylic acid groups (broad SMARTS) is 1. The summed E-state index contributed by atoms with van der Waals surface area (Å²) in [5, 5.41) is 9.33. The Bertz CT molecular complexity index is 507. The molecule has 1 unspecified atom stereocenters. The van der Waals surface area contributed by atoms with Crippen LogP contribution in [0.4, 0.5) is 5.69 Å². The first kappa shape index (κ1) is 17.8. The average molecular weight is 333 g/mol. The first-order valence-corrected chi connectivity index (χ1v) is 6.86. The zero-order valence-corrected chi connectivity index (χ0v) is 13.2. The summed E-state index contributed by atoms with van der Waals surface area (Å²) >= 11 is 5.84. The summed E-state index contributed by atoms with van der Waals surface area (Å²) in [4.78, 5) is 26.5. The predicted octanol–water partition coefficient (Wildman–Crippen LogP) is 2.27. The Morgan fingerprint density at radius 3 is 2.62 bits per heavy atom. The van der Waals surface area contributed by atoms with Gasteiger partial charge in [-0.25, -0.2) is 0 Å². The van der Waals surface area contributed by atoms with E-state index in [2.05, 4.69) is 0 Å². The van der Waals surface area contributed by atoms with E-state index < -0.39 is 5.97 Å². The van der Waals surface area contributed by atoms with Gasteiger partial charge in [0.1, 0.15) is 0 Å². The standard InChI is InChI=1S/C14H17ClN2O3.ClH/c1-16(8-7-13(18)19)12-6-9-17(14(12)20)11-4-2-10(15)3-5-11;/h2-5,12H,6-9H2,1H3,(H,18,19);1H. The molecule has 1 aromatic rings. The number of rotatable bonds is 5. The van der Waals surface area contributed by atoms with Gasteiger partial charge in [0.05, 0.1) is 12.5 Å². The Kier molecular flexibility index (Phi) is 6.45. The van der Waals surface area contributed by atoms with Crippen LogP contribution in [0.1, 0.15) is 12.8 Å². The molecule has 0 aromatic heterocycles. The van der Waals surface area contributed by atoms with Crippen LogP contribution < -0.4 is 4.90 Å². The molecule has 1 amide bonds. The number of hydrogen-bond acceptors (Lipinski definition) is 3. The van der Waals surface area contributed by atoms with E-state index in [1.54, 1.807) is 24.1 Å². The van der Waals surface area contributed by atoms with Crippen LogP contribution in [0.25, 0.3) is 0 Å². The van der Waals surface area contributed by atoms with Gasteiger partial charge in [-0.15, -0.1) is 12.4 Å². The van der Waals surface area contributed by atoms with Crippen LogP contribution in [0.15, 0.2) is 24.3 Å². The van der Waals surface area contributed by atoms with Crippen LogP contribution in [-0.2, 0) is 9.59 Å². The lowest BCUT2D eigenvalue weighted by molar-refractivity contribution is -0.137. The van der Waals surface area contributed by atoms with Crippen LogP contribution in [0.2, 0.25) is 5.02 Å². The van der Waals surface area contributed by atoms with Gasteiger partial charge < -0.3 is 10.0 Å². The number of halogens is 2. The highest BCUT2D eigenvalue weighted by atomic mass is 35.5. The van der Waals surface area contributed by atoms with Crippen molar-refractivity contribution < 1.29 is 14.7 Å². The Morgan fingerprint density at radius 1 is 1.43 bits per heavy atom. The zero-order chi connectivity index (χ0) is 14.7. The van der Waals surface area contributed by atoms with Gasteiger partial charge in [0.25, 0.3) is 0 Å². The van der Waals surface area contributed by atoms with Crippen LogP contribution in [0.5, 0.6) is 0 Å². The van der Waals surface area contributed by atoms with Crippen molar-refractivity contribution in [3.05, 3.63) is 29.3 Å². The Balaban J connectivity index is 0.00000220. The molecule has 1 aliphatic heterocycles. The van der Waals surface area contributed by atoms with Crippen LogP contribution in [0.3, 0.4) is 0 Å². The maximum atomic E-state index is 12.4. The molecule has 116 valence electrons. The zero-order valence-electron chi connectivity index (χ0n) is 11.7. The van der Waals surface area contributed by atoms with Crippen LogP contribution >= 0.6 is 24.0 Å². The van der Waals surface area contributed by atoms with Gasteiger partial charge in [-0.2, -0.15) is 0 Å². The van der Waals surface area contributed by atoms with E-state index in [0.717, 1.165) is 5.69 Å². The predicted molar refractivity (Wildman–Crippen MR) is 84.3 cm³/mol. The fourth-order valence-corrected chi connectivity index (χ4v) is 2.51. The van der Waals surface area contributed by atoms with Crippen LogP contribution in [0, 0.1) is 0 Å². The summed E-state index contributed by atoms with van der Waals surface area (Å²) in [6.07, 6.45) is 0.749. The summed E-state index contributed by atoms with van der Waals surface area (Å²) in [5.41, 5.74) is 0.827. The van der Waals surface area contributed by atoms with Crippen molar-refractivity contribution in [2.45, 2.75) is 18.9 Å². The lowest BCUT2D eigenvalue weighted by Gasteiger charge is -2.23. The number of likely N-dealkylation sites (N-methyl/N-ethyl adjacent to an activating group) is 1. The molecule has 0 radical (unpaired) electrons. The average Bonchev–Trinajstić information content (AvgIpc) is 2.79. The molecule has 0 bridgehead atoms. The van der Waals surface area contributed by atoms with E-state index in [1.165, 1.54) is 0 Å². The molecule has 0 aliphatic carbocycles. The largest absolute Gasteiger partial charge is 0.481 e. The maximum absolute atomic E-state index is 12.4. The molecule has 1 fully saturated rings. The number of carboxylic acids is 1. The molecule has 1 aliphatic rings. The monoisotopic (exact) mass is 332 g/mol. The molecule has 5 nitrogen and oxygen atoms in total. The van der Waals surface area contributed by atoms with Crippen molar-refractivity contribution in [1.82, 2.24) is 4.90 Å². The lowest BCUT2D eigenvalue weighted by atomic mass is 10.2. The highest BCUT2D eigenvalue weighted by Gasteiger charge is 2.35. The van der Waals surface area contributed by atoms with Crippen LogP contribution in [-0.4, -0.2) is 48.1 Å². The van der Waals surface area contributed by atoms with E-state index in [9.17, 15) is 9.59 Å². The Labute approximate surface area is 134 Å². The lowest BCUT2D eigenvalue weighted by Crippen LogP contribution is -2.40. The fraction of sp³-hybridized carbons (Fsp3) is 0.429. The molecule has 0 saturated carbocycles. The summed E-state index contributed by atoms with van der Waals surface area (Å²) in [6, 6.07) is 6.90. The summed E-state index contributed by atoms with van der Waals surface area (Å²) < 4.78 is 0. The van der Waals surface area contributed by atoms with Gasteiger partial charge in [0, 0.05) is 23.8 Å². The molecule has 7 heteroatoms. The van der Waals surface area contributed by atoms with Crippen molar-refractivity contribution in [2.75, 3.05) is 25.0 Å². The maximum Gasteiger partial charge on any atom is 0.304 e. The van der Waals surface area contributed by atoms with Gasteiger partial charge in [-0.3, -0.25) is 14.5 Å². The van der Waals surface area contributed by atoms with Gasteiger partial charge in [0.15, 0.2) is 0 Å². The molecule has 1 aromatic carbocycles. The van der Waals surface area contributed by atoms with Crippen molar-refractivity contribution in [1.29, 1.82) is 0 Å². The summed E-state index contributed by atoms with van der Waals surface area (Å²) in [6.45, 7) is 1.02. The first-order valence-electron chi connectivity index (χ1n) is 6.48. The number of aliphatic carboxylic acids is 1. The molecular formula is C14H18Cl2N2O3. The van der Waals surface area contributed by atoms with E-state index in [-0.39, 0.29) is 30.8 Å². The number of amides is 1. The molecule has 2 rings (SSSR count). The highest BCUT2D eigenvalue weighted by molar-refractivity contribution is 6.30. The smallest absolute Gasteiger partial charge is 0.304 e. The third-order valence-electron chi connectivity index (χ3n) is 3.53. The van der Waals surface area contributed by atoms with Gasteiger partial charge in [-0.1, -0.05) is 11.6 Å². The molecule has 1 saturated heterocycles. The van der Waals surface area contributed by atoms with Gasteiger partial charge >= 0.3 is 5.97 Å². The second kappa shape index (κ2) is 7.64. The molecule has 1 heterocycles. The SMILES string of the molecule is CN(CCC(=O)O)C1CCN(c2ccc(Cl)cc2)C1=O.Cl.